The van der Waals surface area contributed by atoms with Crippen molar-refractivity contribution in [2.45, 2.75) is 33.1 Å². The monoisotopic (exact) mass is 393 g/mol. The van der Waals surface area contributed by atoms with Crippen LogP contribution in [0.1, 0.15) is 36.0 Å². The first-order chi connectivity index (χ1) is 13.9. The van der Waals surface area contributed by atoms with Crippen molar-refractivity contribution in [2.75, 3.05) is 38.0 Å². The van der Waals surface area contributed by atoms with Gasteiger partial charge in [0.2, 0.25) is 11.8 Å². The minimum atomic E-state index is -0.000114. The van der Waals surface area contributed by atoms with Gasteiger partial charge in [0.15, 0.2) is 0 Å². The standard InChI is InChI=1S/C24H31N3O2/c1-18-8-7-9-19(2)24(18)25-22(28)17-26-12-14-27(15-13-26)23(29)16-20(3)21-10-5-4-6-11-21/h4-11,20H,12-17H2,1-3H3,(H,25,28)/t20-/m1/s1. The number of hydrogen-bond donors (Lipinski definition) is 1. The molecule has 1 aliphatic heterocycles. The van der Waals surface area contributed by atoms with Crippen molar-refractivity contribution in [2.24, 2.45) is 0 Å². The second-order valence-corrected chi connectivity index (χ2v) is 7.99. The molecular weight excluding hydrogens is 362 g/mol. The predicted octanol–water partition coefficient (Wildman–Crippen LogP) is 3.58. The number of amides is 2. The molecular formula is C24H31N3O2. The van der Waals surface area contributed by atoms with Crippen LogP contribution in [0.15, 0.2) is 48.5 Å². The Labute approximate surface area is 173 Å². The summed E-state index contributed by atoms with van der Waals surface area (Å²) in [6, 6.07) is 16.2. The molecule has 0 unspecified atom stereocenters. The largest absolute Gasteiger partial charge is 0.340 e. The third kappa shape index (κ3) is 5.67. The molecule has 29 heavy (non-hydrogen) atoms. The van der Waals surface area contributed by atoms with Crippen molar-refractivity contribution in [1.29, 1.82) is 0 Å². The number of benzene rings is 2. The van der Waals surface area contributed by atoms with E-state index in [1.807, 2.05) is 55.1 Å². The molecule has 0 bridgehead atoms. The van der Waals surface area contributed by atoms with Gasteiger partial charge in [-0.05, 0) is 36.5 Å². The zero-order chi connectivity index (χ0) is 20.8. The van der Waals surface area contributed by atoms with Crippen molar-refractivity contribution < 1.29 is 9.59 Å². The third-order valence-electron chi connectivity index (χ3n) is 5.69. The second kappa shape index (κ2) is 9.70. The summed E-state index contributed by atoms with van der Waals surface area (Å²) >= 11 is 0. The number of piperazine rings is 1. The second-order valence-electron chi connectivity index (χ2n) is 7.99. The molecule has 1 saturated heterocycles. The van der Waals surface area contributed by atoms with E-state index in [1.54, 1.807) is 0 Å². The van der Waals surface area contributed by atoms with Gasteiger partial charge < -0.3 is 10.2 Å². The molecule has 0 aromatic heterocycles. The van der Waals surface area contributed by atoms with Crippen molar-refractivity contribution in [3.8, 4) is 0 Å². The molecule has 2 amide bonds. The third-order valence-corrected chi connectivity index (χ3v) is 5.69. The Hall–Kier alpha value is -2.66. The van der Waals surface area contributed by atoms with Crippen LogP contribution >= 0.6 is 0 Å². The Kier molecular flexibility index (Phi) is 7.04. The smallest absolute Gasteiger partial charge is 0.238 e. The van der Waals surface area contributed by atoms with E-state index in [0.29, 0.717) is 26.1 Å². The van der Waals surface area contributed by atoms with Gasteiger partial charge in [-0.3, -0.25) is 14.5 Å². The first kappa shape index (κ1) is 21.1. The number of anilines is 1. The number of nitrogens with zero attached hydrogens (tertiary/aromatic N) is 2. The molecule has 1 heterocycles. The molecule has 154 valence electrons. The zero-order valence-electron chi connectivity index (χ0n) is 17.6. The van der Waals surface area contributed by atoms with Gasteiger partial charge in [-0.1, -0.05) is 55.5 Å². The molecule has 2 aromatic carbocycles. The molecule has 1 fully saturated rings. The fraction of sp³-hybridized carbons (Fsp3) is 0.417. The number of aryl methyl sites for hydroxylation is 2. The summed E-state index contributed by atoms with van der Waals surface area (Å²) in [5.41, 5.74) is 4.24. The van der Waals surface area contributed by atoms with Gasteiger partial charge >= 0.3 is 0 Å². The topological polar surface area (TPSA) is 52.7 Å². The molecule has 5 heteroatoms. The van der Waals surface area contributed by atoms with E-state index in [9.17, 15) is 9.59 Å². The normalized spacial score (nSPS) is 15.8. The summed E-state index contributed by atoms with van der Waals surface area (Å²) in [5.74, 6) is 0.408. The molecule has 0 aliphatic carbocycles. The van der Waals surface area contributed by atoms with Crippen molar-refractivity contribution in [1.82, 2.24) is 9.80 Å². The van der Waals surface area contributed by atoms with E-state index >= 15 is 0 Å². The first-order valence-corrected chi connectivity index (χ1v) is 10.3. The maximum Gasteiger partial charge on any atom is 0.238 e. The van der Waals surface area contributed by atoms with Gasteiger partial charge in [-0.2, -0.15) is 0 Å². The number of nitrogens with one attached hydrogen (secondary N) is 1. The fourth-order valence-electron chi connectivity index (χ4n) is 3.84. The summed E-state index contributed by atoms with van der Waals surface area (Å²) < 4.78 is 0. The first-order valence-electron chi connectivity index (χ1n) is 10.3. The average Bonchev–Trinajstić information content (AvgIpc) is 2.72. The summed E-state index contributed by atoms with van der Waals surface area (Å²) in [6.45, 7) is 9.27. The van der Waals surface area contributed by atoms with E-state index in [-0.39, 0.29) is 17.7 Å². The van der Waals surface area contributed by atoms with Crippen LogP contribution < -0.4 is 5.32 Å². The lowest BCUT2D eigenvalue weighted by atomic mass is 9.97. The maximum atomic E-state index is 12.7. The highest BCUT2D eigenvalue weighted by Crippen LogP contribution is 2.21. The van der Waals surface area contributed by atoms with Crippen LogP contribution in [-0.2, 0) is 9.59 Å². The number of carbonyl (C=O) groups is 2. The summed E-state index contributed by atoms with van der Waals surface area (Å²) in [7, 11) is 0. The minimum Gasteiger partial charge on any atom is -0.340 e. The van der Waals surface area contributed by atoms with Gasteiger partial charge in [0.05, 0.1) is 6.54 Å². The quantitative estimate of drug-likeness (QED) is 0.816. The molecule has 0 radical (unpaired) electrons. The van der Waals surface area contributed by atoms with Crippen LogP contribution in [0.3, 0.4) is 0 Å². The Morgan fingerprint density at radius 3 is 2.17 bits per heavy atom. The average molecular weight is 394 g/mol. The van der Waals surface area contributed by atoms with E-state index in [2.05, 4.69) is 29.3 Å². The van der Waals surface area contributed by atoms with Gasteiger partial charge in [-0.15, -0.1) is 0 Å². The Bertz CT molecular complexity index is 822. The van der Waals surface area contributed by atoms with E-state index in [1.165, 1.54) is 5.56 Å². The lowest BCUT2D eigenvalue weighted by Crippen LogP contribution is -2.50. The SMILES string of the molecule is Cc1cccc(C)c1NC(=O)CN1CCN(C(=O)C[C@@H](C)c2ccccc2)CC1. The van der Waals surface area contributed by atoms with Gasteiger partial charge in [0.1, 0.15) is 0 Å². The molecule has 2 aromatic rings. The highest BCUT2D eigenvalue weighted by molar-refractivity contribution is 5.93. The summed E-state index contributed by atoms with van der Waals surface area (Å²) in [6.07, 6.45) is 0.525. The maximum absolute atomic E-state index is 12.7. The van der Waals surface area contributed by atoms with E-state index in [4.69, 9.17) is 0 Å². The van der Waals surface area contributed by atoms with Crippen molar-refractivity contribution in [3.63, 3.8) is 0 Å². The van der Waals surface area contributed by atoms with Gasteiger partial charge in [0.25, 0.3) is 0 Å². The minimum absolute atomic E-state index is 0.000114. The lowest BCUT2D eigenvalue weighted by Gasteiger charge is -2.35. The summed E-state index contributed by atoms with van der Waals surface area (Å²) in [5, 5.41) is 3.04. The fourth-order valence-corrected chi connectivity index (χ4v) is 3.84. The molecule has 3 rings (SSSR count). The molecule has 1 atom stereocenters. The van der Waals surface area contributed by atoms with Gasteiger partial charge in [-0.25, -0.2) is 0 Å². The number of carbonyl (C=O) groups excluding carboxylic acids is 2. The molecule has 1 aliphatic rings. The van der Waals surface area contributed by atoms with Crippen LogP contribution in [-0.4, -0.2) is 54.3 Å². The number of hydrogen-bond acceptors (Lipinski definition) is 3. The molecule has 0 saturated carbocycles. The van der Waals surface area contributed by atoms with Crippen LogP contribution in [0.2, 0.25) is 0 Å². The van der Waals surface area contributed by atoms with E-state index < -0.39 is 0 Å². The molecule has 1 N–H and O–H groups in total. The number of para-hydroxylation sites is 1. The number of rotatable bonds is 6. The Morgan fingerprint density at radius 1 is 0.931 bits per heavy atom. The van der Waals surface area contributed by atoms with Gasteiger partial charge in [0, 0.05) is 38.3 Å². The molecule has 5 nitrogen and oxygen atoms in total. The van der Waals surface area contributed by atoms with Crippen molar-refractivity contribution in [3.05, 3.63) is 65.2 Å². The van der Waals surface area contributed by atoms with Crippen LogP contribution in [0.4, 0.5) is 5.69 Å². The predicted molar refractivity (Wildman–Crippen MR) is 117 cm³/mol. The summed E-state index contributed by atoms with van der Waals surface area (Å²) in [4.78, 5) is 29.2. The van der Waals surface area contributed by atoms with Crippen LogP contribution in [0, 0.1) is 13.8 Å². The van der Waals surface area contributed by atoms with E-state index in [0.717, 1.165) is 29.9 Å². The highest BCUT2D eigenvalue weighted by atomic mass is 16.2. The van der Waals surface area contributed by atoms with Crippen LogP contribution in [0.25, 0.3) is 0 Å². The van der Waals surface area contributed by atoms with Crippen LogP contribution in [0.5, 0.6) is 0 Å². The highest BCUT2D eigenvalue weighted by Gasteiger charge is 2.24. The lowest BCUT2D eigenvalue weighted by molar-refractivity contribution is -0.133. The zero-order valence-corrected chi connectivity index (χ0v) is 17.6. The molecule has 0 spiro atoms. The Balaban J connectivity index is 1.45. The Morgan fingerprint density at radius 2 is 1.55 bits per heavy atom. The van der Waals surface area contributed by atoms with Crippen molar-refractivity contribution >= 4 is 17.5 Å².